The van der Waals surface area contributed by atoms with Crippen molar-refractivity contribution in [2.45, 2.75) is 11.2 Å². The summed E-state index contributed by atoms with van der Waals surface area (Å²) >= 11 is 8.52. The van der Waals surface area contributed by atoms with E-state index in [-0.39, 0.29) is 147 Å². The standard InChI is InChI=1S/2CH5ClO7P2.3Ba/c2*2-9-11(7,8)1(3)10(4,5)6;;;/h2*1,3H,(H,7,8)(H2,4,5,6);;;/q;;3*+2/p-6. The zero-order valence-corrected chi connectivity index (χ0v) is 30.0. The van der Waals surface area contributed by atoms with E-state index in [0.29, 0.717) is 0 Å². The van der Waals surface area contributed by atoms with E-state index in [0.717, 1.165) is 0 Å². The maximum Gasteiger partial charge on any atom is 2.00 e. The molecule has 25 heavy (non-hydrogen) atoms. The van der Waals surface area contributed by atoms with Crippen LogP contribution in [0.2, 0.25) is 0 Å². The first-order valence-electron chi connectivity index (χ1n) is 4.05. The number of rotatable bonds is 6. The molecule has 14 nitrogen and oxygen atoms in total. The van der Waals surface area contributed by atoms with Gasteiger partial charge in [-0.2, -0.15) is 0 Å². The second-order valence-electron chi connectivity index (χ2n) is 2.99. The Kier molecular flexibility index (Phi) is 28.5. The summed E-state index contributed by atoms with van der Waals surface area (Å²) in [6, 6.07) is 0. The molecule has 0 aromatic heterocycles. The first-order valence-corrected chi connectivity index (χ1v) is 11.1. The Labute approximate surface area is 271 Å². The summed E-state index contributed by atoms with van der Waals surface area (Å²) in [5.74, 6) is 0. The van der Waals surface area contributed by atoms with Crippen LogP contribution < -0.4 is 29.4 Å². The average molecular weight is 859 g/mol. The summed E-state index contributed by atoms with van der Waals surface area (Å²) in [5.41, 5.74) is -6.26. The summed E-state index contributed by atoms with van der Waals surface area (Å²) in [5, 5.41) is 16.5. The molecule has 0 aliphatic carbocycles. The van der Waals surface area contributed by atoms with Crippen LogP contribution in [0.4, 0.5) is 0 Å². The third kappa shape index (κ3) is 18.0. The quantitative estimate of drug-likeness (QED) is 0.187. The molecule has 0 radical (unpaired) electrons. The molecule has 0 aliphatic rings. The van der Waals surface area contributed by atoms with Gasteiger partial charge in [-0.3, -0.25) is 0 Å². The Morgan fingerprint density at radius 3 is 0.840 bits per heavy atom. The molecule has 2 N–H and O–H groups in total. The van der Waals surface area contributed by atoms with E-state index in [2.05, 4.69) is 31.9 Å². The van der Waals surface area contributed by atoms with Gasteiger partial charge in [-0.1, -0.05) is 0 Å². The number of hydrogen-bond donors (Lipinski definition) is 2. The van der Waals surface area contributed by atoms with Crippen LogP contribution in [0.25, 0.3) is 0 Å². The predicted molar refractivity (Wildman–Crippen MR) is 73.6 cm³/mol. The zero-order valence-electron chi connectivity index (χ0n) is 11.6. The Morgan fingerprint density at radius 2 is 0.800 bits per heavy atom. The van der Waals surface area contributed by atoms with Gasteiger partial charge in [0.2, 0.25) is 0 Å². The molecule has 0 rings (SSSR count). The molecule has 0 fully saturated rings. The van der Waals surface area contributed by atoms with Crippen molar-refractivity contribution >= 4 is 201 Å². The van der Waals surface area contributed by atoms with Gasteiger partial charge >= 0.3 is 147 Å². The minimum atomic E-state index is -5.62. The average Bonchev–Trinajstić information content (AvgIpc) is 2.35. The van der Waals surface area contributed by atoms with Gasteiger partial charge in [-0.25, -0.2) is 8.15 Å². The van der Waals surface area contributed by atoms with Crippen molar-refractivity contribution in [2.75, 3.05) is 0 Å². The largest absolute Gasteiger partial charge is 2.00 e. The maximum atomic E-state index is 10.2. The minimum absolute atomic E-state index is 0. The van der Waals surface area contributed by atoms with Gasteiger partial charge in [0.25, 0.3) is 0 Å². The van der Waals surface area contributed by atoms with Crippen molar-refractivity contribution in [3.63, 3.8) is 0 Å². The van der Waals surface area contributed by atoms with Crippen molar-refractivity contribution in [3.05, 3.63) is 0 Å². The first-order chi connectivity index (χ1) is 9.43. The van der Waals surface area contributed by atoms with E-state index in [1.807, 2.05) is 0 Å². The van der Waals surface area contributed by atoms with Crippen LogP contribution in [0.5, 0.6) is 0 Å². The molecule has 0 saturated heterocycles. The summed E-state index contributed by atoms with van der Waals surface area (Å²) in [4.78, 5) is 59.8. The maximum absolute atomic E-state index is 10.2. The van der Waals surface area contributed by atoms with Gasteiger partial charge in [0.15, 0.2) is 15.2 Å². The fraction of sp³-hybridized carbons (Fsp3) is 1.00. The van der Waals surface area contributed by atoms with Crippen molar-refractivity contribution < 1.29 is 66.0 Å². The summed E-state index contributed by atoms with van der Waals surface area (Å²) in [6.45, 7) is 0. The number of hydrogen-bond acceptors (Lipinski definition) is 14. The van der Waals surface area contributed by atoms with E-state index < -0.39 is 41.6 Å². The molecule has 0 heterocycles. The first kappa shape index (κ1) is 41.1. The van der Waals surface area contributed by atoms with Crippen LogP contribution in [0, 0.1) is 0 Å². The SMILES string of the molecule is O=P([O-])([O-])C(O)P(=O)([O-])OCl.O=P([O-])([O-])C(O)P(=O)([O-])OCl.[Ba+2].[Ba+2].[Ba+2]. The van der Waals surface area contributed by atoms with Crippen LogP contribution in [0.3, 0.4) is 0 Å². The Morgan fingerprint density at radius 1 is 0.640 bits per heavy atom. The molecule has 0 saturated carbocycles. The summed E-state index contributed by atoms with van der Waals surface area (Å²) in [7, 11) is -21.7. The van der Waals surface area contributed by atoms with Gasteiger partial charge in [0.05, 0.1) is 23.7 Å². The zero-order chi connectivity index (χ0) is 18.6. The molecule has 23 heteroatoms. The van der Waals surface area contributed by atoms with Gasteiger partial charge in [0, 0.05) is 0 Å². The molecular formula is C2H4Ba3Cl2O14P4. The monoisotopic (exact) mass is 860 g/mol. The van der Waals surface area contributed by atoms with Crippen LogP contribution in [0.15, 0.2) is 0 Å². The number of halogens is 2. The Bertz CT molecular complexity index is 498. The van der Waals surface area contributed by atoms with E-state index in [4.69, 9.17) is 10.2 Å². The van der Waals surface area contributed by atoms with Crippen LogP contribution in [0.1, 0.15) is 0 Å². The Balaban J connectivity index is -0.0000000952. The molecular weight excluding hydrogens is 855 g/mol. The second kappa shape index (κ2) is 17.3. The predicted octanol–water partition coefficient (Wildman–Crippen LogP) is -5.34. The normalized spacial score (nSPS) is 18.3. The summed E-state index contributed by atoms with van der Waals surface area (Å²) in [6.07, 6.45) is 0. The Hall–Kier alpha value is 5.81. The van der Waals surface area contributed by atoms with Crippen molar-refractivity contribution in [1.82, 2.24) is 0 Å². The molecule has 0 aromatic rings. The molecule has 4 atom stereocenters. The van der Waals surface area contributed by atoms with Crippen LogP contribution in [-0.4, -0.2) is 168 Å². The van der Waals surface area contributed by atoms with E-state index >= 15 is 0 Å². The molecule has 0 bridgehead atoms. The second-order valence-corrected chi connectivity index (χ2v) is 11.2. The van der Waals surface area contributed by atoms with Crippen LogP contribution in [-0.2, 0) is 26.4 Å². The minimum Gasteiger partial charge on any atom is -0.809 e. The smallest absolute Gasteiger partial charge is 0.809 e. The van der Waals surface area contributed by atoms with Crippen molar-refractivity contribution in [3.8, 4) is 0 Å². The summed E-state index contributed by atoms with van der Waals surface area (Å²) < 4.78 is 46.2. The molecule has 0 amide bonds. The van der Waals surface area contributed by atoms with Crippen LogP contribution >= 0.6 is 54.1 Å². The molecule has 4 unspecified atom stereocenters. The van der Waals surface area contributed by atoms with Crippen molar-refractivity contribution in [2.24, 2.45) is 0 Å². The molecule has 0 aromatic carbocycles. The van der Waals surface area contributed by atoms with Crippen molar-refractivity contribution in [1.29, 1.82) is 0 Å². The fourth-order valence-electron chi connectivity index (χ4n) is 0.418. The van der Waals surface area contributed by atoms with Gasteiger partial charge < -0.3 is 57.8 Å². The van der Waals surface area contributed by atoms with Gasteiger partial charge in [-0.05, 0) is 15.2 Å². The van der Waals surface area contributed by atoms with E-state index in [1.54, 1.807) is 0 Å². The van der Waals surface area contributed by atoms with E-state index in [9.17, 15) is 47.6 Å². The number of aliphatic hydroxyl groups excluding tert-OH is 2. The molecule has 136 valence electrons. The molecule has 0 aliphatic heterocycles. The number of aliphatic hydroxyl groups is 2. The van der Waals surface area contributed by atoms with Gasteiger partial charge in [-0.15, -0.1) is 0 Å². The third-order valence-electron chi connectivity index (χ3n) is 1.32. The topological polar surface area (TPSA) is 266 Å². The van der Waals surface area contributed by atoms with Gasteiger partial charge in [0.1, 0.15) is 11.2 Å². The fourth-order valence-corrected chi connectivity index (χ4v) is 4.40. The van der Waals surface area contributed by atoms with E-state index in [1.165, 1.54) is 0 Å². The molecule has 0 spiro atoms. The third-order valence-corrected chi connectivity index (χ3v) is 8.52.